The summed E-state index contributed by atoms with van der Waals surface area (Å²) < 4.78 is 1.54. The normalized spacial score (nSPS) is 19.1. The highest BCUT2D eigenvalue weighted by Gasteiger charge is 2.36. The van der Waals surface area contributed by atoms with Gasteiger partial charge < -0.3 is 14.8 Å². The van der Waals surface area contributed by atoms with Gasteiger partial charge in [-0.2, -0.15) is 0 Å². The molecule has 1 aliphatic heterocycles. The second kappa shape index (κ2) is 8.20. The maximum atomic E-state index is 12.7. The van der Waals surface area contributed by atoms with Gasteiger partial charge in [0.25, 0.3) is 5.56 Å². The molecule has 2 unspecified atom stereocenters. The molecule has 0 radical (unpaired) electrons. The lowest BCUT2D eigenvalue weighted by Crippen LogP contribution is -2.39. The van der Waals surface area contributed by atoms with Gasteiger partial charge in [-0.1, -0.05) is 35.9 Å². The van der Waals surface area contributed by atoms with Crippen LogP contribution in [0, 0.1) is 6.92 Å². The molecular weight excluding hydrogens is 342 g/mol. The number of hydrogen-bond acceptors (Lipinski definition) is 3. The number of hydrogen-bond donors (Lipinski definition) is 1. The average Bonchev–Trinajstić information content (AvgIpc) is 3.04. The van der Waals surface area contributed by atoms with Crippen LogP contribution in [0.1, 0.15) is 30.4 Å². The summed E-state index contributed by atoms with van der Waals surface area (Å²) in [6, 6.07) is 13.1. The third-order valence-corrected chi connectivity index (χ3v) is 5.03. The Morgan fingerprint density at radius 3 is 2.52 bits per heavy atom. The first-order valence-electron chi connectivity index (χ1n) is 9.21. The molecule has 1 aliphatic rings. The third kappa shape index (κ3) is 4.64. The van der Waals surface area contributed by atoms with Crippen molar-refractivity contribution >= 4 is 11.8 Å². The van der Waals surface area contributed by atoms with E-state index in [1.807, 2.05) is 19.1 Å². The second-order valence-corrected chi connectivity index (χ2v) is 7.11. The molecular formula is C21H25N3O3. The van der Waals surface area contributed by atoms with E-state index in [0.29, 0.717) is 19.6 Å². The van der Waals surface area contributed by atoms with Gasteiger partial charge >= 0.3 is 0 Å². The summed E-state index contributed by atoms with van der Waals surface area (Å²) in [6.45, 7) is 4.94. The maximum absolute atomic E-state index is 12.7. The number of likely N-dealkylation sites (tertiary alicyclic amines) is 1. The van der Waals surface area contributed by atoms with Crippen molar-refractivity contribution in [2.24, 2.45) is 0 Å². The Kier molecular flexibility index (Phi) is 5.74. The molecule has 0 aliphatic carbocycles. The molecule has 2 aromatic rings. The maximum Gasteiger partial charge on any atom is 0.250 e. The number of aryl methyl sites for hydroxylation is 2. The number of carbonyl (C=O) groups is 2. The molecule has 0 saturated carbocycles. The van der Waals surface area contributed by atoms with Gasteiger partial charge in [0.15, 0.2) is 0 Å². The first-order valence-corrected chi connectivity index (χ1v) is 9.21. The lowest BCUT2D eigenvalue weighted by molar-refractivity contribution is -0.130. The molecule has 1 aromatic heterocycles. The Bertz CT molecular complexity index is 873. The molecule has 0 bridgehead atoms. The molecule has 1 N–H and O–H groups in total. The molecule has 0 spiro atoms. The molecule has 1 saturated heterocycles. The highest BCUT2D eigenvalue weighted by Crippen LogP contribution is 2.28. The van der Waals surface area contributed by atoms with Crippen molar-refractivity contribution in [3.05, 3.63) is 70.1 Å². The number of aromatic nitrogens is 1. The van der Waals surface area contributed by atoms with Crippen molar-refractivity contribution in [1.82, 2.24) is 14.8 Å². The number of rotatable bonds is 5. The quantitative estimate of drug-likeness (QED) is 0.874. The monoisotopic (exact) mass is 367 g/mol. The Hall–Kier alpha value is -2.89. The summed E-state index contributed by atoms with van der Waals surface area (Å²) in [5.41, 5.74) is 2.18. The lowest BCUT2D eigenvalue weighted by atomic mass is 9.93. The molecule has 1 fully saturated rings. The summed E-state index contributed by atoms with van der Waals surface area (Å²) in [7, 11) is 0. The Morgan fingerprint density at radius 1 is 1.11 bits per heavy atom. The van der Waals surface area contributed by atoms with Crippen molar-refractivity contribution in [3.8, 4) is 0 Å². The smallest absolute Gasteiger partial charge is 0.250 e. The Balaban J connectivity index is 1.69. The predicted octanol–water partition coefficient (Wildman–Crippen LogP) is 1.68. The third-order valence-electron chi connectivity index (χ3n) is 5.03. The van der Waals surface area contributed by atoms with Crippen LogP contribution in [-0.4, -0.2) is 40.4 Å². The molecule has 2 heterocycles. The summed E-state index contributed by atoms with van der Waals surface area (Å²) in [6.07, 6.45) is 1.95. The van der Waals surface area contributed by atoms with Crippen LogP contribution in [0.5, 0.6) is 0 Å². The lowest BCUT2D eigenvalue weighted by Gasteiger charge is -2.19. The van der Waals surface area contributed by atoms with Gasteiger partial charge in [0.1, 0.15) is 0 Å². The second-order valence-electron chi connectivity index (χ2n) is 7.11. The largest absolute Gasteiger partial charge is 0.351 e. The molecule has 2 amide bonds. The van der Waals surface area contributed by atoms with Gasteiger partial charge in [0.2, 0.25) is 11.8 Å². The van der Waals surface area contributed by atoms with Crippen LogP contribution in [0.25, 0.3) is 0 Å². The molecule has 1 aromatic carbocycles. The molecule has 27 heavy (non-hydrogen) atoms. The SMILES string of the molecule is CC(=O)NC1CN(C(=O)CCn2ccccc2=O)CC1c1ccc(C)cc1. The van der Waals surface area contributed by atoms with Gasteiger partial charge in [-0.15, -0.1) is 0 Å². The number of amides is 2. The van der Waals surface area contributed by atoms with E-state index in [1.165, 1.54) is 23.1 Å². The van der Waals surface area contributed by atoms with E-state index in [9.17, 15) is 14.4 Å². The van der Waals surface area contributed by atoms with Gasteiger partial charge in [-0.25, -0.2) is 0 Å². The Morgan fingerprint density at radius 2 is 1.85 bits per heavy atom. The van der Waals surface area contributed by atoms with E-state index in [1.54, 1.807) is 23.2 Å². The molecule has 3 rings (SSSR count). The van der Waals surface area contributed by atoms with Crippen molar-refractivity contribution in [2.75, 3.05) is 13.1 Å². The fourth-order valence-corrected chi connectivity index (χ4v) is 3.59. The highest BCUT2D eigenvalue weighted by atomic mass is 16.2. The number of nitrogens with one attached hydrogen (secondary N) is 1. The number of carbonyl (C=O) groups excluding carboxylic acids is 2. The van der Waals surface area contributed by atoms with E-state index in [4.69, 9.17) is 0 Å². The van der Waals surface area contributed by atoms with E-state index in [-0.39, 0.29) is 35.8 Å². The van der Waals surface area contributed by atoms with Crippen LogP contribution in [0.4, 0.5) is 0 Å². The first-order chi connectivity index (χ1) is 12.9. The van der Waals surface area contributed by atoms with Crippen LogP contribution in [0.15, 0.2) is 53.5 Å². The first kappa shape index (κ1) is 18.9. The average molecular weight is 367 g/mol. The zero-order chi connectivity index (χ0) is 19.4. The number of nitrogens with zero attached hydrogens (tertiary/aromatic N) is 2. The van der Waals surface area contributed by atoms with Crippen LogP contribution < -0.4 is 10.9 Å². The molecule has 2 atom stereocenters. The van der Waals surface area contributed by atoms with Crippen molar-refractivity contribution < 1.29 is 9.59 Å². The minimum absolute atomic E-state index is 0.00397. The van der Waals surface area contributed by atoms with Gasteiger partial charge in [0, 0.05) is 51.2 Å². The van der Waals surface area contributed by atoms with Crippen molar-refractivity contribution in [1.29, 1.82) is 0 Å². The van der Waals surface area contributed by atoms with Crippen LogP contribution in [0.3, 0.4) is 0 Å². The number of benzene rings is 1. The fraction of sp³-hybridized carbons (Fsp3) is 0.381. The van der Waals surface area contributed by atoms with Gasteiger partial charge in [-0.05, 0) is 18.6 Å². The summed E-state index contributed by atoms with van der Waals surface area (Å²) in [5.74, 6) is -0.0316. The Labute approximate surface area is 158 Å². The number of pyridine rings is 1. The fourth-order valence-electron chi connectivity index (χ4n) is 3.59. The zero-order valence-corrected chi connectivity index (χ0v) is 15.7. The van der Waals surface area contributed by atoms with E-state index in [2.05, 4.69) is 17.4 Å². The van der Waals surface area contributed by atoms with Crippen LogP contribution >= 0.6 is 0 Å². The zero-order valence-electron chi connectivity index (χ0n) is 15.7. The minimum atomic E-state index is -0.111. The van der Waals surface area contributed by atoms with Crippen molar-refractivity contribution in [3.63, 3.8) is 0 Å². The van der Waals surface area contributed by atoms with Gasteiger partial charge in [-0.3, -0.25) is 14.4 Å². The van der Waals surface area contributed by atoms with E-state index in [0.717, 1.165) is 5.56 Å². The summed E-state index contributed by atoms with van der Waals surface area (Å²) >= 11 is 0. The summed E-state index contributed by atoms with van der Waals surface area (Å²) in [5, 5.41) is 2.98. The minimum Gasteiger partial charge on any atom is -0.351 e. The van der Waals surface area contributed by atoms with E-state index < -0.39 is 0 Å². The van der Waals surface area contributed by atoms with Gasteiger partial charge in [0.05, 0.1) is 6.04 Å². The van der Waals surface area contributed by atoms with E-state index >= 15 is 0 Å². The highest BCUT2D eigenvalue weighted by molar-refractivity contribution is 5.77. The standard InChI is InChI=1S/C21H25N3O3/c1-15-6-8-17(9-7-15)18-13-24(14-19(18)22-16(2)25)21(27)10-12-23-11-4-3-5-20(23)26/h3-9,11,18-19H,10,12-14H2,1-2H3,(H,22,25). The molecule has 6 nitrogen and oxygen atoms in total. The molecule has 142 valence electrons. The molecule has 6 heteroatoms. The predicted molar refractivity (Wildman–Crippen MR) is 103 cm³/mol. The topological polar surface area (TPSA) is 71.4 Å². The van der Waals surface area contributed by atoms with Crippen LogP contribution in [0.2, 0.25) is 0 Å². The van der Waals surface area contributed by atoms with Crippen molar-refractivity contribution in [2.45, 2.75) is 38.8 Å². The summed E-state index contributed by atoms with van der Waals surface area (Å²) in [4.78, 5) is 37.9. The van der Waals surface area contributed by atoms with Crippen LogP contribution in [-0.2, 0) is 16.1 Å².